The van der Waals surface area contributed by atoms with Gasteiger partial charge in [0.2, 0.25) is 5.56 Å². The molecule has 0 amide bonds. The van der Waals surface area contributed by atoms with Crippen LogP contribution in [0.1, 0.15) is 5.56 Å². The number of nitrogens with one attached hydrogen (secondary N) is 2. The van der Waals surface area contributed by atoms with Crippen molar-refractivity contribution >= 4 is 21.9 Å². The molecule has 0 aliphatic carbocycles. The molecule has 108 valence electrons. The summed E-state index contributed by atoms with van der Waals surface area (Å²) in [5.41, 5.74) is 2.95. The molecule has 0 atom stereocenters. The number of benzene rings is 1. The number of H-pyrrole nitrogens is 2. The summed E-state index contributed by atoms with van der Waals surface area (Å²) >= 11 is 0. The topological polar surface area (TPSA) is 94.7 Å². The molecule has 3 heterocycles. The fourth-order valence-electron chi connectivity index (χ4n) is 2.73. The molecule has 6 nitrogen and oxygen atoms in total. The van der Waals surface area contributed by atoms with Gasteiger partial charge in [-0.15, -0.1) is 0 Å². The Morgan fingerprint density at radius 3 is 2.86 bits per heavy atom. The Bertz CT molecular complexity index is 1080. The third-order valence-corrected chi connectivity index (χ3v) is 3.77. The molecule has 0 radical (unpaired) electrons. The lowest BCUT2D eigenvalue weighted by atomic mass is 10.1. The van der Waals surface area contributed by atoms with Crippen LogP contribution in [0, 0.1) is 6.92 Å². The number of para-hydroxylation sites is 1. The van der Waals surface area contributed by atoms with E-state index in [1.54, 1.807) is 24.4 Å². The van der Waals surface area contributed by atoms with Crippen molar-refractivity contribution in [3.05, 3.63) is 52.4 Å². The molecule has 4 rings (SSSR count). The summed E-state index contributed by atoms with van der Waals surface area (Å²) in [6.45, 7) is 1.86. The van der Waals surface area contributed by atoms with Crippen LogP contribution in [0.2, 0.25) is 0 Å². The molecule has 4 aromatic rings. The molecule has 0 unspecified atom stereocenters. The average molecular weight is 292 g/mol. The quantitative estimate of drug-likeness (QED) is 0.502. The highest BCUT2D eigenvalue weighted by atomic mass is 16.3. The number of phenolic OH excluding ortho intramolecular Hbond substituents is 1. The molecule has 0 saturated carbocycles. The first kappa shape index (κ1) is 12.6. The standard InChI is InChI=1S/C16H12N4O2/c1-8-6-12(22)18-16-13-10(8)7-17-15(13)14(19-20-16)9-4-2-3-5-11(9)21/h2-7,19,21H,1H3,(H,18,20,22). The number of phenols is 1. The lowest BCUT2D eigenvalue weighted by molar-refractivity contribution is 0.477. The second-order valence-corrected chi connectivity index (χ2v) is 5.18. The van der Waals surface area contributed by atoms with Crippen LogP contribution in [-0.2, 0) is 0 Å². The van der Waals surface area contributed by atoms with Gasteiger partial charge in [-0.25, -0.2) is 0 Å². The van der Waals surface area contributed by atoms with Gasteiger partial charge in [-0.1, -0.05) is 12.1 Å². The van der Waals surface area contributed by atoms with Crippen LogP contribution in [0.3, 0.4) is 0 Å². The first-order chi connectivity index (χ1) is 10.6. The predicted octanol–water partition coefficient (Wildman–Crippen LogP) is 2.48. The van der Waals surface area contributed by atoms with Crippen molar-refractivity contribution in [2.45, 2.75) is 6.92 Å². The molecule has 0 spiro atoms. The molecular weight excluding hydrogens is 280 g/mol. The maximum atomic E-state index is 11.8. The number of aromatic nitrogens is 4. The van der Waals surface area contributed by atoms with E-state index < -0.39 is 0 Å². The average Bonchev–Trinajstić information content (AvgIpc) is 2.89. The summed E-state index contributed by atoms with van der Waals surface area (Å²) in [6, 6.07) is 8.51. The van der Waals surface area contributed by atoms with Crippen LogP contribution < -0.4 is 5.56 Å². The van der Waals surface area contributed by atoms with E-state index in [4.69, 9.17) is 0 Å². The molecule has 0 aliphatic rings. The molecule has 3 N–H and O–H groups in total. The van der Waals surface area contributed by atoms with Gasteiger partial charge < -0.3 is 10.1 Å². The number of aryl methyl sites for hydroxylation is 1. The Kier molecular flexibility index (Phi) is 2.53. The molecular formula is C16H12N4O2. The van der Waals surface area contributed by atoms with Gasteiger partial charge in [0, 0.05) is 23.2 Å². The Morgan fingerprint density at radius 1 is 1.23 bits per heavy atom. The van der Waals surface area contributed by atoms with Crippen molar-refractivity contribution in [2.75, 3.05) is 0 Å². The summed E-state index contributed by atoms with van der Waals surface area (Å²) in [6.07, 6.45) is 1.72. The van der Waals surface area contributed by atoms with Crippen LogP contribution in [0.4, 0.5) is 0 Å². The maximum absolute atomic E-state index is 11.8. The minimum Gasteiger partial charge on any atom is -0.507 e. The number of hydrogen-bond donors (Lipinski definition) is 3. The summed E-state index contributed by atoms with van der Waals surface area (Å²) in [5, 5.41) is 18.8. The zero-order chi connectivity index (χ0) is 15.3. The van der Waals surface area contributed by atoms with E-state index in [0.29, 0.717) is 22.4 Å². The summed E-state index contributed by atoms with van der Waals surface area (Å²) in [5.74, 6) is 0.144. The van der Waals surface area contributed by atoms with E-state index in [1.165, 1.54) is 6.07 Å². The summed E-state index contributed by atoms with van der Waals surface area (Å²) in [7, 11) is 0. The van der Waals surface area contributed by atoms with Gasteiger partial charge in [-0.05, 0) is 24.6 Å². The number of aromatic amines is 2. The van der Waals surface area contributed by atoms with Crippen LogP contribution >= 0.6 is 0 Å². The Hall–Kier alpha value is -3.15. The van der Waals surface area contributed by atoms with Crippen molar-refractivity contribution in [3.8, 4) is 17.0 Å². The van der Waals surface area contributed by atoms with Crippen molar-refractivity contribution < 1.29 is 5.11 Å². The van der Waals surface area contributed by atoms with Crippen LogP contribution in [-0.4, -0.2) is 25.3 Å². The molecule has 0 bridgehead atoms. The monoisotopic (exact) mass is 292 g/mol. The Morgan fingerprint density at radius 2 is 2.05 bits per heavy atom. The molecule has 22 heavy (non-hydrogen) atoms. The minimum atomic E-state index is -0.216. The minimum absolute atomic E-state index is 0.144. The largest absolute Gasteiger partial charge is 0.507 e. The fourth-order valence-corrected chi connectivity index (χ4v) is 2.73. The number of nitrogens with zero attached hydrogens (tertiary/aromatic N) is 2. The molecule has 0 fully saturated rings. The lowest BCUT2D eigenvalue weighted by Gasteiger charge is -2.05. The first-order valence-corrected chi connectivity index (χ1v) is 6.80. The highest BCUT2D eigenvalue weighted by molar-refractivity contribution is 6.11. The van der Waals surface area contributed by atoms with Crippen LogP contribution in [0.25, 0.3) is 33.2 Å². The zero-order valence-electron chi connectivity index (χ0n) is 11.7. The highest BCUT2D eigenvalue weighted by Gasteiger charge is 2.15. The Labute approximate surface area is 124 Å². The Balaban J connectivity index is 2.20. The zero-order valence-corrected chi connectivity index (χ0v) is 11.7. The van der Waals surface area contributed by atoms with Gasteiger partial charge in [-0.3, -0.25) is 14.9 Å². The van der Waals surface area contributed by atoms with Gasteiger partial charge in [0.1, 0.15) is 11.3 Å². The summed E-state index contributed by atoms with van der Waals surface area (Å²) in [4.78, 5) is 19.0. The normalized spacial score (nSPS) is 11.3. The predicted molar refractivity (Wildman–Crippen MR) is 83.9 cm³/mol. The summed E-state index contributed by atoms with van der Waals surface area (Å²) < 4.78 is 0. The van der Waals surface area contributed by atoms with E-state index in [9.17, 15) is 9.90 Å². The molecule has 6 heteroatoms. The molecule has 1 aromatic carbocycles. The first-order valence-electron chi connectivity index (χ1n) is 6.80. The van der Waals surface area contributed by atoms with E-state index >= 15 is 0 Å². The van der Waals surface area contributed by atoms with E-state index in [1.807, 2.05) is 13.0 Å². The van der Waals surface area contributed by atoms with E-state index in [2.05, 4.69) is 20.2 Å². The van der Waals surface area contributed by atoms with Crippen molar-refractivity contribution in [1.29, 1.82) is 0 Å². The fraction of sp³-hybridized carbons (Fsp3) is 0.0625. The van der Waals surface area contributed by atoms with Crippen LogP contribution in [0.5, 0.6) is 5.75 Å². The lowest BCUT2D eigenvalue weighted by Crippen LogP contribution is -2.01. The number of rotatable bonds is 1. The van der Waals surface area contributed by atoms with Crippen molar-refractivity contribution in [3.63, 3.8) is 0 Å². The van der Waals surface area contributed by atoms with Gasteiger partial charge in [-0.2, -0.15) is 5.10 Å². The van der Waals surface area contributed by atoms with Gasteiger partial charge >= 0.3 is 0 Å². The number of hydrogen-bond acceptors (Lipinski definition) is 4. The molecule has 0 saturated heterocycles. The van der Waals surface area contributed by atoms with Gasteiger partial charge in [0.05, 0.1) is 11.1 Å². The van der Waals surface area contributed by atoms with Crippen molar-refractivity contribution in [2.24, 2.45) is 0 Å². The SMILES string of the molecule is Cc1cc(=O)[nH]c2n[nH]c(-c3ccccc3O)c3ncc1c23. The second kappa shape index (κ2) is 4.42. The smallest absolute Gasteiger partial charge is 0.249 e. The third kappa shape index (κ3) is 1.70. The van der Waals surface area contributed by atoms with Gasteiger partial charge in [0.25, 0.3) is 0 Å². The van der Waals surface area contributed by atoms with Crippen molar-refractivity contribution in [1.82, 2.24) is 20.2 Å². The number of aromatic hydroxyl groups is 1. The van der Waals surface area contributed by atoms with E-state index in [0.717, 1.165) is 16.3 Å². The van der Waals surface area contributed by atoms with E-state index in [-0.39, 0.29) is 11.3 Å². The third-order valence-electron chi connectivity index (χ3n) is 3.77. The highest BCUT2D eigenvalue weighted by Crippen LogP contribution is 2.34. The molecule has 3 aromatic heterocycles. The second-order valence-electron chi connectivity index (χ2n) is 5.18. The van der Waals surface area contributed by atoms with Gasteiger partial charge in [0.15, 0.2) is 5.65 Å². The molecule has 0 aliphatic heterocycles. The van der Waals surface area contributed by atoms with Crippen LogP contribution in [0.15, 0.2) is 41.3 Å². The maximum Gasteiger partial charge on any atom is 0.249 e.